The fourth-order valence-corrected chi connectivity index (χ4v) is 5.61. The average molecular weight is 561 g/mol. The van der Waals surface area contributed by atoms with E-state index in [4.69, 9.17) is 9.72 Å². The average Bonchev–Trinajstić information content (AvgIpc) is 3.49. The van der Waals surface area contributed by atoms with Crippen molar-refractivity contribution in [2.24, 2.45) is 0 Å². The zero-order valence-corrected chi connectivity index (χ0v) is 23.2. The summed E-state index contributed by atoms with van der Waals surface area (Å²) in [7, 11) is 0. The second-order valence-corrected chi connectivity index (χ2v) is 10.8. The molecule has 0 spiro atoms. The van der Waals surface area contributed by atoms with Crippen LogP contribution in [0.2, 0.25) is 0 Å². The van der Waals surface area contributed by atoms with Gasteiger partial charge in [-0.15, -0.1) is 0 Å². The lowest BCUT2D eigenvalue weighted by Crippen LogP contribution is -2.25. The molecule has 2 atom stereocenters. The topological polar surface area (TPSA) is 47.4 Å². The van der Waals surface area contributed by atoms with Gasteiger partial charge in [-0.1, -0.05) is 50.2 Å². The van der Waals surface area contributed by atoms with E-state index in [0.717, 1.165) is 58.6 Å². The number of benzene rings is 3. The molecule has 192 valence electrons. The fourth-order valence-electron chi connectivity index (χ4n) is 5.12. The van der Waals surface area contributed by atoms with Crippen molar-refractivity contribution in [3.05, 3.63) is 88.7 Å². The number of rotatable bonds is 10. The van der Waals surface area contributed by atoms with Crippen LogP contribution in [0.1, 0.15) is 62.8 Å². The molecule has 0 saturated carbocycles. The van der Waals surface area contributed by atoms with Crippen LogP contribution in [0.3, 0.4) is 0 Å². The summed E-state index contributed by atoms with van der Waals surface area (Å²) in [5, 5.41) is 0. The van der Waals surface area contributed by atoms with Crippen LogP contribution in [-0.4, -0.2) is 28.6 Å². The van der Waals surface area contributed by atoms with Crippen molar-refractivity contribution in [2.45, 2.75) is 57.9 Å². The predicted molar refractivity (Wildman–Crippen MR) is 153 cm³/mol. The molecule has 1 fully saturated rings. The monoisotopic (exact) mass is 559 g/mol. The Morgan fingerprint density at radius 3 is 2.57 bits per heavy atom. The summed E-state index contributed by atoms with van der Waals surface area (Å²) < 4.78 is 9.27. The summed E-state index contributed by atoms with van der Waals surface area (Å²) in [5.74, 6) is 2.71. The summed E-state index contributed by atoms with van der Waals surface area (Å²) in [6.45, 7) is 6.64. The number of para-hydroxylation sites is 3. The van der Waals surface area contributed by atoms with Gasteiger partial charge in [0.2, 0.25) is 5.91 Å². The van der Waals surface area contributed by atoms with E-state index >= 15 is 0 Å². The van der Waals surface area contributed by atoms with Crippen molar-refractivity contribution in [3.8, 4) is 5.75 Å². The Morgan fingerprint density at radius 2 is 1.78 bits per heavy atom. The van der Waals surface area contributed by atoms with Gasteiger partial charge < -0.3 is 14.2 Å². The first kappa shape index (κ1) is 25.5. The predicted octanol–water partition coefficient (Wildman–Crippen LogP) is 7.69. The summed E-state index contributed by atoms with van der Waals surface area (Å²) in [6.07, 6.45) is 3.54. The van der Waals surface area contributed by atoms with Gasteiger partial charge in [-0.2, -0.15) is 0 Å². The molecule has 0 bridgehead atoms. The Balaban J connectivity index is 1.24. The van der Waals surface area contributed by atoms with Crippen molar-refractivity contribution in [1.82, 2.24) is 9.55 Å². The maximum absolute atomic E-state index is 13.0. The molecule has 37 heavy (non-hydrogen) atoms. The molecule has 0 aliphatic carbocycles. The van der Waals surface area contributed by atoms with E-state index in [1.807, 2.05) is 35.2 Å². The molecule has 2 unspecified atom stereocenters. The summed E-state index contributed by atoms with van der Waals surface area (Å²) in [6, 6.07) is 24.7. The van der Waals surface area contributed by atoms with Crippen molar-refractivity contribution < 1.29 is 9.53 Å². The number of ether oxygens (including phenoxy) is 1. The van der Waals surface area contributed by atoms with E-state index in [1.54, 1.807) is 0 Å². The maximum Gasteiger partial charge on any atom is 0.227 e. The van der Waals surface area contributed by atoms with E-state index in [9.17, 15) is 4.79 Å². The van der Waals surface area contributed by atoms with Gasteiger partial charge in [-0.05, 0) is 83.1 Å². The number of nitrogens with zero attached hydrogens (tertiary/aromatic N) is 3. The number of anilines is 1. The standard InChI is InChI=1S/C31H34BrN3O2/c1-3-22(2)23-14-16-25(17-15-23)37-19-9-8-18-34-29-13-7-5-11-27(29)33-31(34)24-20-30(36)35(21-24)28-12-6-4-10-26(28)32/h4-7,10-17,22,24H,3,8-9,18-21H2,1-2H3. The Bertz CT molecular complexity index is 1360. The van der Waals surface area contributed by atoms with E-state index in [1.165, 1.54) is 5.56 Å². The van der Waals surface area contributed by atoms with Crippen molar-refractivity contribution in [1.29, 1.82) is 0 Å². The first-order chi connectivity index (χ1) is 18.0. The minimum Gasteiger partial charge on any atom is -0.494 e. The third-order valence-electron chi connectivity index (χ3n) is 7.42. The molecule has 1 aliphatic rings. The number of fused-ring (bicyclic) bond motifs is 1. The van der Waals surface area contributed by atoms with Gasteiger partial charge in [-0.25, -0.2) is 4.98 Å². The third kappa shape index (κ3) is 5.59. The largest absolute Gasteiger partial charge is 0.494 e. The second-order valence-electron chi connectivity index (χ2n) is 9.90. The van der Waals surface area contributed by atoms with Gasteiger partial charge in [-0.3, -0.25) is 4.79 Å². The second kappa shape index (κ2) is 11.5. The van der Waals surface area contributed by atoms with E-state index in [0.29, 0.717) is 25.5 Å². The quantitative estimate of drug-likeness (QED) is 0.187. The highest BCUT2D eigenvalue weighted by Gasteiger charge is 2.35. The number of imidazole rings is 1. The molecule has 5 rings (SSSR count). The minimum absolute atomic E-state index is 0.0623. The highest BCUT2D eigenvalue weighted by Crippen LogP contribution is 2.36. The number of hydrogen-bond donors (Lipinski definition) is 0. The van der Waals surface area contributed by atoms with Crippen LogP contribution >= 0.6 is 15.9 Å². The maximum atomic E-state index is 13.0. The number of aryl methyl sites for hydroxylation is 1. The van der Waals surface area contributed by atoms with Crippen LogP contribution in [-0.2, 0) is 11.3 Å². The molecule has 3 aromatic carbocycles. The molecule has 6 heteroatoms. The van der Waals surface area contributed by atoms with Gasteiger partial charge in [0, 0.05) is 29.9 Å². The number of carbonyl (C=O) groups excluding carboxylic acids is 1. The number of unbranched alkanes of at least 4 members (excludes halogenated alkanes) is 1. The van der Waals surface area contributed by atoms with Crippen LogP contribution in [0.5, 0.6) is 5.75 Å². The lowest BCUT2D eigenvalue weighted by atomic mass is 9.99. The van der Waals surface area contributed by atoms with Crippen LogP contribution in [0.15, 0.2) is 77.3 Å². The molecule has 1 amide bonds. The summed E-state index contributed by atoms with van der Waals surface area (Å²) in [4.78, 5) is 19.9. The van der Waals surface area contributed by atoms with Crippen molar-refractivity contribution in [3.63, 3.8) is 0 Å². The number of amides is 1. The molecular weight excluding hydrogens is 526 g/mol. The summed E-state index contributed by atoms with van der Waals surface area (Å²) in [5.41, 5.74) is 4.40. The smallest absolute Gasteiger partial charge is 0.227 e. The van der Waals surface area contributed by atoms with Gasteiger partial charge in [0.15, 0.2) is 0 Å². The van der Waals surface area contributed by atoms with Crippen molar-refractivity contribution in [2.75, 3.05) is 18.1 Å². The van der Waals surface area contributed by atoms with E-state index in [-0.39, 0.29) is 11.8 Å². The first-order valence-electron chi connectivity index (χ1n) is 13.3. The van der Waals surface area contributed by atoms with E-state index < -0.39 is 0 Å². The van der Waals surface area contributed by atoms with Crippen LogP contribution in [0.25, 0.3) is 11.0 Å². The lowest BCUT2D eigenvalue weighted by molar-refractivity contribution is -0.117. The molecular formula is C31H34BrN3O2. The molecule has 0 radical (unpaired) electrons. The van der Waals surface area contributed by atoms with Crippen molar-refractivity contribution >= 4 is 38.6 Å². The van der Waals surface area contributed by atoms with Crippen LogP contribution in [0.4, 0.5) is 5.69 Å². The Kier molecular flexibility index (Phi) is 7.94. The molecule has 4 aromatic rings. The number of aromatic nitrogens is 2. The third-order valence-corrected chi connectivity index (χ3v) is 8.09. The normalized spacial score (nSPS) is 16.5. The molecule has 1 aliphatic heterocycles. The Hall–Kier alpha value is -3.12. The van der Waals surface area contributed by atoms with Gasteiger partial charge in [0.1, 0.15) is 11.6 Å². The van der Waals surface area contributed by atoms with Gasteiger partial charge in [0.25, 0.3) is 0 Å². The number of hydrogen-bond acceptors (Lipinski definition) is 3. The zero-order valence-electron chi connectivity index (χ0n) is 21.6. The molecule has 1 aromatic heterocycles. The zero-order chi connectivity index (χ0) is 25.8. The number of carbonyl (C=O) groups is 1. The summed E-state index contributed by atoms with van der Waals surface area (Å²) >= 11 is 3.60. The molecule has 5 nitrogen and oxygen atoms in total. The van der Waals surface area contributed by atoms with Gasteiger partial charge in [0.05, 0.1) is 23.3 Å². The van der Waals surface area contributed by atoms with Crippen LogP contribution in [0, 0.1) is 0 Å². The first-order valence-corrected chi connectivity index (χ1v) is 14.1. The van der Waals surface area contributed by atoms with Gasteiger partial charge >= 0.3 is 0 Å². The highest BCUT2D eigenvalue weighted by molar-refractivity contribution is 9.10. The Labute approximate surface area is 227 Å². The Morgan fingerprint density at radius 1 is 1.03 bits per heavy atom. The molecule has 1 saturated heterocycles. The fraction of sp³-hybridized carbons (Fsp3) is 0.355. The van der Waals surface area contributed by atoms with E-state index in [2.05, 4.69) is 76.8 Å². The molecule has 0 N–H and O–H groups in total. The molecule has 2 heterocycles. The van der Waals surface area contributed by atoms with Crippen LogP contribution < -0.4 is 9.64 Å². The number of halogens is 1. The minimum atomic E-state index is 0.0623. The highest BCUT2D eigenvalue weighted by atomic mass is 79.9. The SMILES string of the molecule is CCC(C)c1ccc(OCCCCn2c(C3CC(=O)N(c4ccccc4Br)C3)nc3ccccc32)cc1. The lowest BCUT2D eigenvalue weighted by Gasteiger charge is -2.19.